The number of hydrogen-bond acceptors (Lipinski definition) is 3. The SMILES string of the molecule is O=C(O)C1(c2ccc3c(c2)O[I-]O3)CC1. The molecule has 1 heterocycles. The maximum absolute atomic E-state index is 11.1. The van der Waals surface area contributed by atoms with Crippen molar-refractivity contribution >= 4 is 5.97 Å². The van der Waals surface area contributed by atoms with Gasteiger partial charge in [-0.1, -0.05) is 0 Å². The number of carboxylic acid groups (broad SMARTS) is 1. The normalized spacial score (nSPS) is 20.5. The van der Waals surface area contributed by atoms with Gasteiger partial charge < -0.3 is 0 Å². The monoisotopic (exact) mass is 319 g/mol. The molecule has 1 saturated carbocycles. The molecule has 0 bridgehead atoms. The van der Waals surface area contributed by atoms with Gasteiger partial charge >= 0.3 is 97.6 Å². The number of aliphatic carboxylic acids is 1. The Morgan fingerprint density at radius 3 is 2.73 bits per heavy atom. The first-order chi connectivity index (χ1) is 7.22. The summed E-state index contributed by atoms with van der Waals surface area (Å²) >= 11 is -0.680. The van der Waals surface area contributed by atoms with E-state index in [4.69, 9.17) is 11.2 Å². The van der Waals surface area contributed by atoms with Crippen molar-refractivity contribution < 1.29 is 38.1 Å². The second-order valence-electron chi connectivity index (χ2n) is 3.77. The Balaban J connectivity index is 2.03. The minimum atomic E-state index is -0.740. The summed E-state index contributed by atoms with van der Waals surface area (Å²) in [5, 5.41) is 9.14. The summed E-state index contributed by atoms with van der Waals surface area (Å²) in [6.07, 6.45) is 1.44. The minimum absolute atomic E-state index is 0.653. The van der Waals surface area contributed by atoms with Gasteiger partial charge in [0.1, 0.15) is 0 Å². The van der Waals surface area contributed by atoms with Crippen LogP contribution in [0.3, 0.4) is 0 Å². The zero-order valence-corrected chi connectivity index (χ0v) is 9.85. The van der Waals surface area contributed by atoms with Crippen LogP contribution < -0.4 is 28.2 Å². The van der Waals surface area contributed by atoms with E-state index in [0.29, 0.717) is 5.75 Å². The van der Waals surface area contributed by atoms with Gasteiger partial charge in [0.05, 0.1) is 0 Å². The second-order valence-corrected chi connectivity index (χ2v) is 5.01. The molecule has 80 valence electrons. The van der Waals surface area contributed by atoms with Crippen LogP contribution in [0.2, 0.25) is 0 Å². The second kappa shape index (κ2) is 3.01. The van der Waals surface area contributed by atoms with E-state index in [2.05, 4.69) is 0 Å². The van der Waals surface area contributed by atoms with E-state index in [-0.39, 0.29) is 0 Å². The van der Waals surface area contributed by atoms with Crippen LogP contribution in [0.4, 0.5) is 0 Å². The van der Waals surface area contributed by atoms with Gasteiger partial charge in [-0.25, -0.2) is 0 Å². The fraction of sp³-hybridized carbons (Fsp3) is 0.300. The molecule has 4 nitrogen and oxygen atoms in total. The molecule has 0 atom stereocenters. The summed E-state index contributed by atoms with van der Waals surface area (Å²) < 4.78 is 10.6. The van der Waals surface area contributed by atoms with Crippen LogP contribution in [-0.4, -0.2) is 11.1 Å². The molecule has 1 aromatic carbocycles. The molecule has 0 aromatic heterocycles. The average molecular weight is 319 g/mol. The molecule has 0 saturated heterocycles. The molecule has 1 aliphatic carbocycles. The van der Waals surface area contributed by atoms with Crippen LogP contribution in [0.5, 0.6) is 11.5 Å². The van der Waals surface area contributed by atoms with E-state index in [1.807, 2.05) is 12.1 Å². The first-order valence-electron chi connectivity index (χ1n) is 4.59. The summed E-state index contributed by atoms with van der Waals surface area (Å²) in [7, 11) is 0. The summed E-state index contributed by atoms with van der Waals surface area (Å²) in [5.41, 5.74) is 0.183. The molecule has 2 aliphatic rings. The van der Waals surface area contributed by atoms with E-state index in [0.717, 1.165) is 24.2 Å². The van der Waals surface area contributed by atoms with Crippen LogP contribution in [0.1, 0.15) is 18.4 Å². The summed E-state index contributed by atoms with van der Waals surface area (Å²) in [6, 6.07) is 5.45. The summed E-state index contributed by atoms with van der Waals surface area (Å²) in [6.45, 7) is 0. The van der Waals surface area contributed by atoms with E-state index < -0.39 is 33.4 Å². The predicted molar refractivity (Wildman–Crippen MR) is 46.2 cm³/mol. The Hall–Kier alpha value is -0.980. The first-order valence-corrected chi connectivity index (χ1v) is 6.35. The van der Waals surface area contributed by atoms with Crippen molar-refractivity contribution in [3.63, 3.8) is 0 Å². The number of carboxylic acids is 1. The van der Waals surface area contributed by atoms with Gasteiger partial charge in [0, 0.05) is 0 Å². The van der Waals surface area contributed by atoms with Crippen molar-refractivity contribution in [3.8, 4) is 11.5 Å². The zero-order valence-electron chi connectivity index (χ0n) is 7.70. The Morgan fingerprint density at radius 2 is 2.07 bits per heavy atom. The standard InChI is InChI=1S/C10H8IO4/c12-9(13)10(3-4-10)6-1-2-7-8(5-6)15-11-14-7/h1-2,5H,3-4H2,(H,12,13)/q-1. The van der Waals surface area contributed by atoms with Gasteiger partial charge in [0.15, 0.2) is 0 Å². The molecule has 0 spiro atoms. The van der Waals surface area contributed by atoms with Crippen LogP contribution >= 0.6 is 0 Å². The van der Waals surface area contributed by atoms with Crippen molar-refractivity contribution in [1.82, 2.24) is 0 Å². The molecular weight excluding hydrogens is 311 g/mol. The number of rotatable bonds is 2. The molecule has 0 unspecified atom stereocenters. The molecule has 0 amide bonds. The number of hydrogen-bond donors (Lipinski definition) is 1. The molecule has 15 heavy (non-hydrogen) atoms. The van der Waals surface area contributed by atoms with E-state index in [9.17, 15) is 4.79 Å². The van der Waals surface area contributed by atoms with Crippen LogP contribution in [0.15, 0.2) is 18.2 Å². The third kappa shape index (κ3) is 1.29. The summed E-state index contributed by atoms with van der Waals surface area (Å²) in [4.78, 5) is 11.1. The molecule has 1 aliphatic heterocycles. The van der Waals surface area contributed by atoms with Gasteiger partial charge in [-0.15, -0.1) is 0 Å². The van der Waals surface area contributed by atoms with Crippen LogP contribution in [-0.2, 0) is 10.2 Å². The van der Waals surface area contributed by atoms with E-state index in [1.165, 1.54) is 0 Å². The topological polar surface area (TPSA) is 55.8 Å². The van der Waals surface area contributed by atoms with Crippen molar-refractivity contribution in [3.05, 3.63) is 23.8 Å². The first kappa shape index (κ1) is 9.26. The average Bonchev–Trinajstić information content (AvgIpc) is 2.91. The van der Waals surface area contributed by atoms with Crippen LogP contribution in [0, 0.1) is 0 Å². The summed E-state index contributed by atoms with van der Waals surface area (Å²) in [5.74, 6) is 0.705. The number of benzene rings is 1. The van der Waals surface area contributed by atoms with Crippen molar-refractivity contribution in [1.29, 1.82) is 0 Å². The van der Waals surface area contributed by atoms with E-state index >= 15 is 0 Å². The number of fused-ring (bicyclic) bond motifs is 1. The maximum atomic E-state index is 11.1. The van der Waals surface area contributed by atoms with Crippen molar-refractivity contribution in [2.75, 3.05) is 0 Å². The van der Waals surface area contributed by atoms with E-state index in [1.54, 1.807) is 6.07 Å². The molecular formula is C10H8IO4-. The van der Waals surface area contributed by atoms with Gasteiger partial charge in [-0.05, 0) is 0 Å². The zero-order chi connectivity index (χ0) is 10.5. The van der Waals surface area contributed by atoms with Gasteiger partial charge in [0.2, 0.25) is 0 Å². The molecule has 0 radical (unpaired) electrons. The number of halogens is 1. The Bertz CT molecular complexity index is 439. The fourth-order valence-corrected chi connectivity index (χ4v) is 2.95. The van der Waals surface area contributed by atoms with Gasteiger partial charge in [0.25, 0.3) is 0 Å². The van der Waals surface area contributed by atoms with Crippen LogP contribution in [0.25, 0.3) is 0 Å². The predicted octanol–water partition coefficient (Wildman–Crippen LogP) is -1.51. The third-order valence-electron chi connectivity index (χ3n) is 2.88. The molecule has 3 rings (SSSR count). The van der Waals surface area contributed by atoms with Gasteiger partial charge in [-0.2, -0.15) is 0 Å². The third-order valence-corrected chi connectivity index (χ3v) is 4.19. The number of carbonyl (C=O) groups is 1. The quantitative estimate of drug-likeness (QED) is 0.674. The Morgan fingerprint density at radius 1 is 1.33 bits per heavy atom. The Kier molecular flexibility index (Phi) is 1.86. The van der Waals surface area contributed by atoms with Gasteiger partial charge in [-0.3, -0.25) is 0 Å². The molecule has 1 N–H and O–H groups in total. The van der Waals surface area contributed by atoms with Crippen molar-refractivity contribution in [2.24, 2.45) is 0 Å². The van der Waals surface area contributed by atoms with Crippen molar-refractivity contribution in [2.45, 2.75) is 18.3 Å². The molecule has 1 aromatic rings. The molecule has 1 fully saturated rings. The molecule has 5 heteroatoms. The fourth-order valence-electron chi connectivity index (χ4n) is 1.76. The Labute approximate surface area is 97.6 Å².